The summed E-state index contributed by atoms with van der Waals surface area (Å²) in [7, 11) is 0. The first-order valence-corrected chi connectivity index (χ1v) is 8.17. The van der Waals surface area contributed by atoms with Crippen molar-refractivity contribution in [3.8, 4) is 0 Å². The van der Waals surface area contributed by atoms with E-state index in [1.165, 1.54) is 6.33 Å². The van der Waals surface area contributed by atoms with Crippen molar-refractivity contribution in [3.05, 3.63) is 84.6 Å². The molecule has 0 fully saturated rings. The Morgan fingerprint density at radius 3 is 2.81 bits per heavy atom. The van der Waals surface area contributed by atoms with Gasteiger partial charge in [-0.3, -0.25) is 4.79 Å². The zero-order chi connectivity index (χ0) is 17.8. The van der Waals surface area contributed by atoms with Crippen LogP contribution in [0, 0.1) is 0 Å². The molecule has 0 saturated heterocycles. The predicted octanol–water partition coefficient (Wildman–Crippen LogP) is 3.90. The summed E-state index contributed by atoms with van der Waals surface area (Å²) in [4.78, 5) is 20.9. The predicted molar refractivity (Wildman–Crippen MR) is 99.1 cm³/mol. The monoisotopic (exact) mass is 344 g/mol. The van der Waals surface area contributed by atoms with Gasteiger partial charge in [-0.2, -0.15) is 0 Å². The second-order valence-corrected chi connectivity index (χ2v) is 5.71. The normalized spacial score (nSPS) is 10.6. The molecule has 0 unspecified atom stereocenters. The summed E-state index contributed by atoms with van der Waals surface area (Å²) >= 11 is 0. The minimum atomic E-state index is -0.169. The Hall–Kier alpha value is -3.67. The Morgan fingerprint density at radius 2 is 1.92 bits per heavy atom. The molecule has 6 heteroatoms. The van der Waals surface area contributed by atoms with E-state index in [2.05, 4.69) is 20.6 Å². The number of furan rings is 1. The number of nitrogens with one attached hydrogen (secondary N) is 2. The van der Waals surface area contributed by atoms with Crippen LogP contribution in [0.5, 0.6) is 0 Å². The standard InChI is InChI=1S/C20H16N4O2/c25-20(21-12-16-7-4-10-26-16)14-5-3-6-15(11-14)24-19-17-8-1-2-9-18(17)22-13-23-19/h1-11,13H,12H2,(H,21,25)(H,22,23,24). The van der Waals surface area contributed by atoms with Crippen molar-refractivity contribution < 1.29 is 9.21 Å². The van der Waals surface area contributed by atoms with Crippen molar-refractivity contribution in [1.82, 2.24) is 15.3 Å². The highest BCUT2D eigenvalue weighted by Crippen LogP contribution is 2.23. The minimum absolute atomic E-state index is 0.169. The van der Waals surface area contributed by atoms with E-state index in [0.717, 1.165) is 16.6 Å². The van der Waals surface area contributed by atoms with Crippen molar-refractivity contribution in [2.45, 2.75) is 6.54 Å². The molecule has 0 saturated carbocycles. The number of carbonyl (C=O) groups is 1. The van der Waals surface area contributed by atoms with Crippen LogP contribution in [-0.4, -0.2) is 15.9 Å². The maximum Gasteiger partial charge on any atom is 0.251 e. The van der Waals surface area contributed by atoms with E-state index in [1.807, 2.05) is 42.5 Å². The topological polar surface area (TPSA) is 80.0 Å². The lowest BCUT2D eigenvalue weighted by Gasteiger charge is -2.10. The Bertz CT molecular complexity index is 1040. The molecule has 6 nitrogen and oxygen atoms in total. The summed E-state index contributed by atoms with van der Waals surface area (Å²) in [6.07, 6.45) is 3.10. The van der Waals surface area contributed by atoms with Crippen LogP contribution in [0.2, 0.25) is 0 Å². The highest BCUT2D eigenvalue weighted by Gasteiger charge is 2.08. The van der Waals surface area contributed by atoms with Crippen LogP contribution in [0.25, 0.3) is 10.9 Å². The lowest BCUT2D eigenvalue weighted by atomic mass is 10.1. The van der Waals surface area contributed by atoms with Crippen LogP contribution in [0.4, 0.5) is 11.5 Å². The van der Waals surface area contributed by atoms with Gasteiger partial charge in [0.15, 0.2) is 0 Å². The number of rotatable bonds is 5. The summed E-state index contributed by atoms with van der Waals surface area (Å²) in [5.41, 5.74) is 2.19. The zero-order valence-electron chi connectivity index (χ0n) is 13.8. The molecule has 0 radical (unpaired) electrons. The van der Waals surface area contributed by atoms with Gasteiger partial charge in [-0.15, -0.1) is 0 Å². The molecule has 4 rings (SSSR count). The van der Waals surface area contributed by atoms with Crippen molar-refractivity contribution >= 4 is 28.3 Å². The number of anilines is 2. The average Bonchev–Trinajstić information content (AvgIpc) is 3.20. The summed E-state index contributed by atoms with van der Waals surface area (Å²) in [5, 5.41) is 7.02. The largest absolute Gasteiger partial charge is 0.467 e. The first kappa shape index (κ1) is 15.8. The fourth-order valence-corrected chi connectivity index (χ4v) is 2.66. The highest BCUT2D eigenvalue weighted by molar-refractivity contribution is 5.96. The van der Waals surface area contributed by atoms with Gasteiger partial charge in [-0.05, 0) is 42.5 Å². The second kappa shape index (κ2) is 7.06. The number of hydrogen-bond acceptors (Lipinski definition) is 5. The summed E-state index contributed by atoms with van der Waals surface area (Å²) in [6.45, 7) is 0.347. The molecule has 1 amide bonds. The molecule has 128 valence electrons. The average molecular weight is 344 g/mol. The first-order chi connectivity index (χ1) is 12.8. The maximum atomic E-state index is 12.4. The molecular weight excluding hydrogens is 328 g/mol. The van der Waals surface area contributed by atoms with Gasteiger partial charge in [0.25, 0.3) is 5.91 Å². The van der Waals surface area contributed by atoms with E-state index in [0.29, 0.717) is 23.7 Å². The molecule has 4 aromatic rings. The number of amides is 1. The molecule has 26 heavy (non-hydrogen) atoms. The van der Waals surface area contributed by atoms with Crippen LogP contribution < -0.4 is 10.6 Å². The molecule has 0 spiro atoms. The second-order valence-electron chi connectivity index (χ2n) is 5.71. The Balaban J connectivity index is 1.53. The smallest absolute Gasteiger partial charge is 0.251 e. The molecule has 2 aromatic heterocycles. The number of hydrogen-bond donors (Lipinski definition) is 2. The van der Waals surface area contributed by atoms with Crippen LogP contribution >= 0.6 is 0 Å². The van der Waals surface area contributed by atoms with E-state index in [1.54, 1.807) is 24.5 Å². The van der Waals surface area contributed by atoms with Crippen LogP contribution in [0.3, 0.4) is 0 Å². The van der Waals surface area contributed by atoms with Gasteiger partial charge in [-0.25, -0.2) is 9.97 Å². The van der Waals surface area contributed by atoms with Crippen molar-refractivity contribution in [2.75, 3.05) is 5.32 Å². The molecule has 0 atom stereocenters. The fourth-order valence-electron chi connectivity index (χ4n) is 2.66. The Kier molecular flexibility index (Phi) is 4.30. The van der Waals surface area contributed by atoms with E-state index < -0.39 is 0 Å². The van der Waals surface area contributed by atoms with E-state index in [-0.39, 0.29) is 5.91 Å². The third-order valence-electron chi connectivity index (χ3n) is 3.93. The molecular formula is C20H16N4O2. The number of benzene rings is 2. The SMILES string of the molecule is O=C(NCc1ccco1)c1cccc(Nc2ncnc3ccccc23)c1. The summed E-state index contributed by atoms with van der Waals surface area (Å²) in [6, 6.07) is 18.6. The lowest BCUT2D eigenvalue weighted by Crippen LogP contribution is -2.22. The van der Waals surface area contributed by atoms with Gasteiger partial charge in [0, 0.05) is 16.6 Å². The molecule has 0 bridgehead atoms. The lowest BCUT2D eigenvalue weighted by molar-refractivity contribution is 0.0948. The van der Waals surface area contributed by atoms with Gasteiger partial charge in [0.2, 0.25) is 0 Å². The molecule has 2 N–H and O–H groups in total. The number of aromatic nitrogens is 2. The van der Waals surface area contributed by atoms with Crippen LogP contribution in [0.15, 0.2) is 77.7 Å². The third-order valence-corrected chi connectivity index (χ3v) is 3.93. The van der Waals surface area contributed by atoms with Crippen LogP contribution in [-0.2, 0) is 6.54 Å². The molecule has 0 aliphatic rings. The van der Waals surface area contributed by atoms with Gasteiger partial charge in [0.1, 0.15) is 17.9 Å². The first-order valence-electron chi connectivity index (χ1n) is 8.17. The van der Waals surface area contributed by atoms with Crippen molar-refractivity contribution in [1.29, 1.82) is 0 Å². The van der Waals surface area contributed by atoms with Gasteiger partial charge in [-0.1, -0.05) is 18.2 Å². The van der Waals surface area contributed by atoms with Gasteiger partial charge >= 0.3 is 0 Å². The summed E-state index contributed by atoms with van der Waals surface area (Å²) in [5.74, 6) is 1.24. The van der Waals surface area contributed by atoms with E-state index in [9.17, 15) is 4.79 Å². The van der Waals surface area contributed by atoms with Gasteiger partial charge < -0.3 is 15.1 Å². The van der Waals surface area contributed by atoms with Crippen molar-refractivity contribution in [3.63, 3.8) is 0 Å². The quantitative estimate of drug-likeness (QED) is 0.574. The molecule has 2 heterocycles. The third kappa shape index (κ3) is 3.39. The summed E-state index contributed by atoms with van der Waals surface area (Å²) < 4.78 is 5.22. The Labute approximate surface area is 149 Å². The van der Waals surface area contributed by atoms with E-state index in [4.69, 9.17) is 4.42 Å². The van der Waals surface area contributed by atoms with E-state index >= 15 is 0 Å². The molecule has 2 aromatic carbocycles. The maximum absolute atomic E-state index is 12.4. The number of nitrogens with zero attached hydrogens (tertiary/aromatic N) is 2. The van der Waals surface area contributed by atoms with Crippen LogP contribution in [0.1, 0.15) is 16.1 Å². The number of carbonyl (C=O) groups excluding carboxylic acids is 1. The molecule has 0 aliphatic heterocycles. The number of fused-ring (bicyclic) bond motifs is 1. The van der Waals surface area contributed by atoms with Gasteiger partial charge in [0.05, 0.1) is 18.3 Å². The highest BCUT2D eigenvalue weighted by atomic mass is 16.3. The van der Waals surface area contributed by atoms with Crippen molar-refractivity contribution in [2.24, 2.45) is 0 Å². The number of para-hydroxylation sites is 1. The molecule has 0 aliphatic carbocycles. The fraction of sp³-hybridized carbons (Fsp3) is 0.0500. The minimum Gasteiger partial charge on any atom is -0.467 e. The Morgan fingerprint density at radius 1 is 1.00 bits per heavy atom. The zero-order valence-corrected chi connectivity index (χ0v) is 13.8.